The first-order valence-corrected chi connectivity index (χ1v) is 8.18. The van der Waals surface area contributed by atoms with Crippen LogP contribution < -0.4 is 5.32 Å². The minimum absolute atomic E-state index is 0.679. The van der Waals surface area contributed by atoms with Gasteiger partial charge in [0.1, 0.15) is 5.82 Å². The Morgan fingerprint density at radius 2 is 1.95 bits per heavy atom. The molecule has 0 fully saturated rings. The molecule has 5 heteroatoms. The van der Waals surface area contributed by atoms with Crippen LogP contribution in [-0.4, -0.2) is 16.5 Å². The molecule has 0 aliphatic carbocycles. The highest BCUT2D eigenvalue weighted by Gasteiger charge is 2.14. The lowest BCUT2D eigenvalue weighted by Gasteiger charge is -2.12. The Labute approximate surface area is 138 Å². The normalized spacial score (nSPS) is 10.6. The minimum Gasteiger partial charge on any atom is -0.369 e. The molecular formula is C15H17ClIN3. The van der Waals surface area contributed by atoms with Crippen LogP contribution in [0.4, 0.5) is 5.82 Å². The molecule has 1 aromatic heterocycles. The van der Waals surface area contributed by atoms with Crippen molar-refractivity contribution >= 4 is 40.0 Å². The Balaban J connectivity index is 2.56. The second-order valence-electron chi connectivity index (χ2n) is 4.42. The minimum atomic E-state index is 0.679. The molecule has 0 aliphatic heterocycles. The number of benzene rings is 1. The number of hydrogen-bond donors (Lipinski definition) is 1. The first-order valence-electron chi connectivity index (χ1n) is 6.72. The van der Waals surface area contributed by atoms with Crippen molar-refractivity contribution in [2.45, 2.75) is 26.7 Å². The Morgan fingerprint density at radius 3 is 2.60 bits per heavy atom. The number of hydrogen-bond acceptors (Lipinski definition) is 3. The van der Waals surface area contributed by atoms with Crippen molar-refractivity contribution < 1.29 is 0 Å². The van der Waals surface area contributed by atoms with Crippen LogP contribution in [0.5, 0.6) is 0 Å². The van der Waals surface area contributed by atoms with Gasteiger partial charge < -0.3 is 5.32 Å². The van der Waals surface area contributed by atoms with E-state index in [0.717, 1.165) is 40.0 Å². The van der Waals surface area contributed by atoms with Crippen molar-refractivity contribution in [2.75, 3.05) is 11.9 Å². The molecule has 1 N–H and O–H groups in total. The van der Waals surface area contributed by atoms with Crippen LogP contribution in [0.25, 0.3) is 11.4 Å². The molecule has 0 aliphatic rings. The Kier molecular flexibility index (Phi) is 5.60. The summed E-state index contributed by atoms with van der Waals surface area (Å²) in [7, 11) is 0. The fourth-order valence-electron chi connectivity index (χ4n) is 1.94. The van der Waals surface area contributed by atoms with E-state index in [1.165, 1.54) is 0 Å². The van der Waals surface area contributed by atoms with Gasteiger partial charge in [-0.3, -0.25) is 0 Å². The molecule has 0 saturated heterocycles. The van der Waals surface area contributed by atoms with Crippen LogP contribution in [-0.2, 0) is 6.42 Å². The van der Waals surface area contributed by atoms with Gasteiger partial charge in [0.05, 0.1) is 14.3 Å². The first kappa shape index (κ1) is 15.5. The van der Waals surface area contributed by atoms with Gasteiger partial charge in [0.25, 0.3) is 0 Å². The smallest absolute Gasteiger partial charge is 0.163 e. The van der Waals surface area contributed by atoms with E-state index in [1.54, 1.807) is 0 Å². The number of halogens is 2. The lowest BCUT2D eigenvalue weighted by Crippen LogP contribution is -2.08. The summed E-state index contributed by atoms with van der Waals surface area (Å²) in [5.41, 5.74) is 1.95. The Morgan fingerprint density at radius 1 is 1.20 bits per heavy atom. The lowest BCUT2D eigenvalue weighted by molar-refractivity contribution is 0.867. The predicted octanol–water partition coefficient (Wildman–Crippen LogP) is 4.79. The average Bonchev–Trinajstić information content (AvgIpc) is 2.44. The predicted molar refractivity (Wildman–Crippen MR) is 93.4 cm³/mol. The van der Waals surface area contributed by atoms with E-state index in [2.05, 4.69) is 46.7 Å². The number of aromatic nitrogens is 2. The first-order chi connectivity index (χ1) is 9.67. The van der Waals surface area contributed by atoms with Gasteiger partial charge in [-0.25, -0.2) is 9.97 Å². The molecule has 2 rings (SSSR count). The van der Waals surface area contributed by atoms with Crippen LogP contribution >= 0.6 is 34.2 Å². The monoisotopic (exact) mass is 401 g/mol. The lowest BCUT2D eigenvalue weighted by atomic mass is 10.2. The van der Waals surface area contributed by atoms with E-state index in [1.807, 2.05) is 24.3 Å². The number of nitrogens with zero attached hydrogens (tertiary/aromatic N) is 2. The van der Waals surface area contributed by atoms with Gasteiger partial charge >= 0.3 is 0 Å². The van der Waals surface area contributed by atoms with Gasteiger partial charge in [-0.15, -0.1) is 0 Å². The van der Waals surface area contributed by atoms with Gasteiger partial charge in [-0.05, 0) is 48.1 Å². The van der Waals surface area contributed by atoms with Crippen LogP contribution in [0.1, 0.15) is 26.0 Å². The Hall–Kier alpha value is -0.880. The molecule has 0 saturated carbocycles. The van der Waals surface area contributed by atoms with E-state index in [9.17, 15) is 0 Å². The SMILES string of the molecule is CCCc1nc(-c2ccccc2Cl)nc(NCC)c1I. The molecule has 1 aromatic carbocycles. The van der Waals surface area contributed by atoms with Crippen molar-refractivity contribution in [2.24, 2.45) is 0 Å². The number of aryl methyl sites for hydroxylation is 1. The maximum absolute atomic E-state index is 6.26. The molecule has 0 spiro atoms. The van der Waals surface area contributed by atoms with Gasteiger partial charge in [-0.1, -0.05) is 37.1 Å². The highest BCUT2D eigenvalue weighted by Crippen LogP contribution is 2.29. The van der Waals surface area contributed by atoms with Crippen molar-refractivity contribution in [3.63, 3.8) is 0 Å². The number of anilines is 1. The van der Waals surface area contributed by atoms with Crippen LogP contribution in [0, 0.1) is 3.57 Å². The van der Waals surface area contributed by atoms with E-state index in [4.69, 9.17) is 16.6 Å². The summed E-state index contributed by atoms with van der Waals surface area (Å²) in [5.74, 6) is 1.58. The zero-order valence-electron chi connectivity index (χ0n) is 11.6. The molecular weight excluding hydrogens is 385 g/mol. The summed E-state index contributed by atoms with van der Waals surface area (Å²) in [5, 5.41) is 3.98. The highest BCUT2D eigenvalue weighted by atomic mass is 127. The molecule has 0 radical (unpaired) electrons. The summed E-state index contributed by atoms with van der Waals surface area (Å²) in [4.78, 5) is 9.31. The second-order valence-corrected chi connectivity index (χ2v) is 5.90. The van der Waals surface area contributed by atoms with Crippen LogP contribution in [0.3, 0.4) is 0 Å². The zero-order valence-corrected chi connectivity index (χ0v) is 14.5. The maximum atomic E-state index is 6.26. The van der Waals surface area contributed by atoms with E-state index in [0.29, 0.717) is 10.8 Å². The molecule has 0 unspecified atom stereocenters. The van der Waals surface area contributed by atoms with Gasteiger partial charge in [0.2, 0.25) is 0 Å². The molecule has 3 nitrogen and oxygen atoms in total. The standard InChI is InChI=1S/C15H17ClIN3/c1-3-7-12-13(17)15(18-4-2)20-14(19-12)10-8-5-6-9-11(10)16/h5-6,8-9H,3-4,7H2,1-2H3,(H,18,19,20). The number of nitrogens with one attached hydrogen (secondary N) is 1. The molecule has 2 aromatic rings. The number of rotatable bonds is 5. The average molecular weight is 402 g/mol. The third-order valence-electron chi connectivity index (χ3n) is 2.87. The largest absolute Gasteiger partial charge is 0.369 e. The fourth-order valence-corrected chi connectivity index (χ4v) is 2.87. The third kappa shape index (κ3) is 3.41. The molecule has 0 atom stereocenters. The highest BCUT2D eigenvalue weighted by molar-refractivity contribution is 14.1. The molecule has 0 bridgehead atoms. The second kappa shape index (κ2) is 7.22. The quantitative estimate of drug-likeness (QED) is 0.732. The van der Waals surface area contributed by atoms with Crippen molar-refractivity contribution in [1.82, 2.24) is 9.97 Å². The summed E-state index contributed by atoms with van der Waals surface area (Å²) < 4.78 is 1.10. The summed E-state index contributed by atoms with van der Waals surface area (Å²) in [6.07, 6.45) is 2.00. The summed E-state index contributed by atoms with van der Waals surface area (Å²) in [6.45, 7) is 5.05. The zero-order chi connectivity index (χ0) is 14.5. The van der Waals surface area contributed by atoms with Crippen molar-refractivity contribution in [1.29, 1.82) is 0 Å². The summed E-state index contributed by atoms with van der Waals surface area (Å²) in [6, 6.07) is 7.69. The van der Waals surface area contributed by atoms with E-state index < -0.39 is 0 Å². The fraction of sp³-hybridized carbons (Fsp3) is 0.333. The maximum Gasteiger partial charge on any atom is 0.163 e. The van der Waals surface area contributed by atoms with Crippen molar-refractivity contribution in [3.8, 4) is 11.4 Å². The summed E-state index contributed by atoms with van der Waals surface area (Å²) >= 11 is 8.57. The molecule has 106 valence electrons. The van der Waals surface area contributed by atoms with E-state index >= 15 is 0 Å². The topological polar surface area (TPSA) is 37.8 Å². The van der Waals surface area contributed by atoms with Crippen molar-refractivity contribution in [3.05, 3.63) is 38.6 Å². The Bertz CT molecular complexity index is 574. The van der Waals surface area contributed by atoms with E-state index in [-0.39, 0.29) is 0 Å². The van der Waals surface area contributed by atoms with Gasteiger partial charge in [0.15, 0.2) is 5.82 Å². The molecule has 20 heavy (non-hydrogen) atoms. The third-order valence-corrected chi connectivity index (χ3v) is 4.33. The molecule has 0 amide bonds. The van der Waals surface area contributed by atoms with Crippen LogP contribution in [0.2, 0.25) is 5.02 Å². The van der Waals surface area contributed by atoms with Crippen LogP contribution in [0.15, 0.2) is 24.3 Å². The molecule has 1 heterocycles. The van der Waals surface area contributed by atoms with Gasteiger partial charge in [0, 0.05) is 12.1 Å². The van der Waals surface area contributed by atoms with Gasteiger partial charge in [-0.2, -0.15) is 0 Å².